The van der Waals surface area contributed by atoms with Crippen LogP contribution in [0.15, 0.2) is 23.2 Å². The fourth-order valence-corrected chi connectivity index (χ4v) is 2.21. The first-order valence-corrected chi connectivity index (χ1v) is 8.21. The summed E-state index contributed by atoms with van der Waals surface area (Å²) in [4.78, 5) is 4.28. The second kappa shape index (κ2) is 7.77. The Morgan fingerprint density at radius 2 is 2.04 bits per heavy atom. The van der Waals surface area contributed by atoms with Crippen molar-refractivity contribution in [3.05, 3.63) is 29.3 Å². The van der Waals surface area contributed by atoms with Gasteiger partial charge in [0, 0.05) is 12.6 Å². The predicted molar refractivity (Wildman–Crippen MR) is 88.2 cm³/mol. The molecule has 1 aromatic carbocycles. The second-order valence-electron chi connectivity index (χ2n) is 6.10. The highest BCUT2D eigenvalue weighted by Gasteiger charge is 2.34. The summed E-state index contributed by atoms with van der Waals surface area (Å²) < 4.78 is 45.3. The maximum atomic E-state index is 13.3. The van der Waals surface area contributed by atoms with E-state index in [2.05, 4.69) is 15.6 Å². The molecule has 0 radical (unpaired) electrons. The van der Waals surface area contributed by atoms with Crippen molar-refractivity contribution in [1.82, 2.24) is 10.6 Å². The number of guanidine groups is 1. The van der Waals surface area contributed by atoms with E-state index in [4.69, 9.17) is 4.74 Å². The third-order valence-electron chi connectivity index (χ3n) is 3.43. The summed E-state index contributed by atoms with van der Waals surface area (Å²) in [5.74, 6) is 0.767. The van der Waals surface area contributed by atoms with Crippen LogP contribution in [-0.2, 0) is 12.7 Å². The van der Waals surface area contributed by atoms with Gasteiger partial charge in [-0.05, 0) is 51.3 Å². The smallest absolute Gasteiger partial charge is 0.416 e. The van der Waals surface area contributed by atoms with Crippen LogP contribution in [0.4, 0.5) is 13.2 Å². The van der Waals surface area contributed by atoms with Crippen LogP contribution in [0.25, 0.3) is 0 Å². The highest BCUT2D eigenvalue weighted by molar-refractivity contribution is 5.80. The monoisotopic (exact) mass is 343 g/mol. The molecule has 134 valence electrons. The Morgan fingerprint density at radius 3 is 2.58 bits per heavy atom. The maximum absolute atomic E-state index is 13.3. The average Bonchev–Trinajstić information content (AvgIpc) is 3.28. The van der Waals surface area contributed by atoms with Crippen LogP contribution in [-0.4, -0.2) is 24.7 Å². The standard InChI is InChI=1S/C17H24F3N3O/c1-4-21-16(23-13-6-7-13)22-10-12-5-8-14(24-11(2)3)9-15(12)17(18,19)20/h5,8-9,11,13H,4,6-7,10H2,1-3H3,(H2,21,22,23). The molecule has 0 bridgehead atoms. The van der Waals surface area contributed by atoms with Gasteiger partial charge in [0.2, 0.25) is 0 Å². The molecule has 1 saturated carbocycles. The topological polar surface area (TPSA) is 45.7 Å². The summed E-state index contributed by atoms with van der Waals surface area (Å²) in [6, 6.07) is 4.42. The van der Waals surface area contributed by atoms with Crippen LogP contribution in [0, 0.1) is 0 Å². The molecule has 0 aliphatic heterocycles. The van der Waals surface area contributed by atoms with Gasteiger partial charge in [-0.1, -0.05) is 6.07 Å². The summed E-state index contributed by atoms with van der Waals surface area (Å²) in [6.07, 6.45) is -2.49. The predicted octanol–water partition coefficient (Wildman–Crippen LogP) is 3.71. The number of rotatable bonds is 6. The van der Waals surface area contributed by atoms with Crippen molar-refractivity contribution in [2.45, 2.75) is 58.5 Å². The van der Waals surface area contributed by atoms with Crippen molar-refractivity contribution >= 4 is 5.96 Å². The van der Waals surface area contributed by atoms with Crippen LogP contribution < -0.4 is 15.4 Å². The van der Waals surface area contributed by atoms with Crippen LogP contribution in [0.3, 0.4) is 0 Å². The molecule has 4 nitrogen and oxygen atoms in total. The summed E-state index contributed by atoms with van der Waals surface area (Å²) >= 11 is 0. The van der Waals surface area contributed by atoms with Crippen molar-refractivity contribution in [3.8, 4) is 5.75 Å². The number of hydrogen-bond acceptors (Lipinski definition) is 2. The lowest BCUT2D eigenvalue weighted by Gasteiger charge is -2.16. The zero-order chi connectivity index (χ0) is 17.7. The first-order valence-electron chi connectivity index (χ1n) is 8.21. The second-order valence-corrected chi connectivity index (χ2v) is 6.10. The zero-order valence-electron chi connectivity index (χ0n) is 14.2. The van der Waals surface area contributed by atoms with Crippen molar-refractivity contribution in [1.29, 1.82) is 0 Å². The molecule has 1 aliphatic carbocycles. The van der Waals surface area contributed by atoms with E-state index >= 15 is 0 Å². The lowest BCUT2D eigenvalue weighted by molar-refractivity contribution is -0.138. The van der Waals surface area contributed by atoms with Gasteiger partial charge in [0.25, 0.3) is 0 Å². The van der Waals surface area contributed by atoms with E-state index < -0.39 is 11.7 Å². The van der Waals surface area contributed by atoms with Crippen molar-refractivity contribution in [2.75, 3.05) is 6.54 Å². The summed E-state index contributed by atoms with van der Waals surface area (Å²) in [5.41, 5.74) is -0.571. The van der Waals surface area contributed by atoms with E-state index in [1.807, 2.05) is 6.92 Å². The normalized spacial score (nSPS) is 15.5. The molecule has 7 heteroatoms. The molecule has 2 N–H and O–H groups in total. The molecular formula is C17H24F3N3O. The molecule has 1 aromatic rings. The summed E-state index contributed by atoms with van der Waals surface area (Å²) in [6.45, 7) is 6.09. The van der Waals surface area contributed by atoms with E-state index in [1.165, 1.54) is 6.07 Å². The lowest BCUT2D eigenvalue weighted by atomic mass is 10.1. The van der Waals surface area contributed by atoms with Crippen molar-refractivity contribution < 1.29 is 17.9 Å². The molecule has 2 rings (SSSR count). The van der Waals surface area contributed by atoms with E-state index in [0.29, 0.717) is 18.5 Å². The Kier molecular flexibility index (Phi) is 5.96. The molecule has 0 spiro atoms. The minimum absolute atomic E-state index is 0.0428. The first kappa shape index (κ1) is 18.4. The Labute approximate surface area is 140 Å². The van der Waals surface area contributed by atoms with Gasteiger partial charge < -0.3 is 15.4 Å². The van der Waals surface area contributed by atoms with Gasteiger partial charge in [0.05, 0.1) is 18.2 Å². The van der Waals surface area contributed by atoms with Gasteiger partial charge in [-0.3, -0.25) is 0 Å². The summed E-state index contributed by atoms with van der Waals surface area (Å²) in [7, 11) is 0. The Bertz CT molecular complexity index is 581. The van der Waals surface area contributed by atoms with Gasteiger partial charge in [0.1, 0.15) is 5.75 Å². The molecule has 0 aromatic heterocycles. The molecule has 1 fully saturated rings. The molecule has 0 heterocycles. The maximum Gasteiger partial charge on any atom is 0.416 e. The zero-order valence-corrected chi connectivity index (χ0v) is 14.2. The Hall–Kier alpha value is -1.92. The molecule has 0 atom stereocenters. The molecular weight excluding hydrogens is 319 g/mol. The van der Waals surface area contributed by atoms with E-state index in [1.54, 1.807) is 19.9 Å². The number of hydrogen-bond donors (Lipinski definition) is 2. The third kappa shape index (κ3) is 5.62. The third-order valence-corrected chi connectivity index (χ3v) is 3.43. The highest BCUT2D eigenvalue weighted by Crippen LogP contribution is 2.35. The quantitative estimate of drug-likeness (QED) is 0.611. The van der Waals surface area contributed by atoms with E-state index in [0.717, 1.165) is 18.9 Å². The fourth-order valence-electron chi connectivity index (χ4n) is 2.21. The highest BCUT2D eigenvalue weighted by atomic mass is 19.4. The van der Waals surface area contributed by atoms with E-state index in [9.17, 15) is 13.2 Å². The van der Waals surface area contributed by atoms with Gasteiger partial charge in [0.15, 0.2) is 5.96 Å². The molecule has 1 aliphatic rings. The minimum Gasteiger partial charge on any atom is -0.491 e. The number of halogens is 3. The molecule has 0 amide bonds. The number of alkyl halides is 3. The van der Waals surface area contributed by atoms with Gasteiger partial charge in [-0.2, -0.15) is 13.2 Å². The number of nitrogens with zero attached hydrogens (tertiary/aromatic N) is 1. The van der Waals surface area contributed by atoms with Crippen molar-refractivity contribution in [2.24, 2.45) is 4.99 Å². The van der Waals surface area contributed by atoms with Gasteiger partial charge >= 0.3 is 6.18 Å². The number of aliphatic imine (C=N–C) groups is 1. The SMILES string of the molecule is CCNC(=NCc1ccc(OC(C)C)cc1C(F)(F)F)NC1CC1. The Morgan fingerprint density at radius 1 is 1.33 bits per heavy atom. The summed E-state index contributed by atoms with van der Waals surface area (Å²) in [5, 5.41) is 6.24. The van der Waals surface area contributed by atoms with Gasteiger partial charge in [-0.15, -0.1) is 0 Å². The van der Waals surface area contributed by atoms with Crippen molar-refractivity contribution in [3.63, 3.8) is 0 Å². The van der Waals surface area contributed by atoms with Crippen LogP contribution in [0.2, 0.25) is 0 Å². The largest absolute Gasteiger partial charge is 0.491 e. The van der Waals surface area contributed by atoms with Gasteiger partial charge in [-0.25, -0.2) is 4.99 Å². The van der Waals surface area contributed by atoms with E-state index in [-0.39, 0.29) is 24.0 Å². The van der Waals surface area contributed by atoms with Crippen LogP contribution >= 0.6 is 0 Å². The Balaban J connectivity index is 2.20. The van der Waals surface area contributed by atoms with Crippen LogP contribution in [0.1, 0.15) is 44.7 Å². The average molecular weight is 343 g/mol. The number of ether oxygens (including phenoxy) is 1. The first-order chi connectivity index (χ1) is 11.3. The molecule has 0 saturated heterocycles. The molecule has 0 unspecified atom stereocenters. The number of benzene rings is 1. The molecule has 24 heavy (non-hydrogen) atoms. The minimum atomic E-state index is -4.44. The lowest BCUT2D eigenvalue weighted by Crippen LogP contribution is -2.38. The van der Waals surface area contributed by atoms with Crippen LogP contribution in [0.5, 0.6) is 5.75 Å². The number of nitrogens with one attached hydrogen (secondary N) is 2. The fraction of sp³-hybridized carbons (Fsp3) is 0.588.